The zero-order chi connectivity index (χ0) is 15.0. The summed E-state index contributed by atoms with van der Waals surface area (Å²) >= 11 is 0. The number of benzene rings is 1. The normalized spacial score (nSPS) is 12.4. The Hall–Kier alpha value is -1.55. The maximum atomic E-state index is 10.5. The van der Waals surface area contributed by atoms with Crippen LogP contribution in [-0.4, -0.2) is 36.2 Å². The van der Waals surface area contributed by atoms with Crippen molar-refractivity contribution in [2.75, 3.05) is 20.2 Å². The first-order chi connectivity index (χ1) is 9.58. The van der Waals surface area contributed by atoms with Crippen LogP contribution in [0.2, 0.25) is 0 Å². The fraction of sp³-hybridized carbons (Fsp3) is 0.562. The summed E-state index contributed by atoms with van der Waals surface area (Å²) in [5.41, 5.74) is 1.23. The topological polar surface area (TPSA) is 49.8 Å². The Morgan fingerprint density at radius 1 is 1.40 bits per heavy atom. The summed E-state index contributed by atoms with van der Waals surface area (Å²) in [6.45, 7) is 6.18. The molecular formula is C16H25NO3. The van der Waals surface area contributed by atoms with Crippen LogP contribution in [0.1, 0.15) is 44.7 Å². The number of aliphatic carboxylic acids is 1. The molecule has 112 valence electrons. The highest BCUT2D eigenvalue weighted by Crippen LogP contribution is 2.24. The summed E-state index contributed by atoms with van der Waals surface area (Å²) in [7, 11) is 1.67. The molecule has 0 aliphatic carbocycles. The van der Waals surface area contributed by atoms with Gasteiger partial charge in [-0.25, -0.2) is 0 Å². The Morgan fingerprint density at radius 2 is 2.15 bits per heavy atom. The summed E-state index contributed by atoms with van der Waals surface area (Å²) < 4.78 is 5.26. The maximum Gasteiger partial charge on any atom is 0.303 e. The highest BCUT2D eigenvalue weighted by Gasteiger charge is 2.14. The van der Waals surface area contributed by atoms with Gasteiger partial charge in [0, 0.05) is 12.5 Å². The molecule has 20 heavy (non-hydrogen) atoms. The van der Waals surface area contributed by atoms with Crippen LogP contribution in [0.3, 0.4) is 0 Å². The highest BCUT2D eigenvalue weighted by atomic mass is 16.5. The average molecular weight is 279 g/mol. The first kappa shape index (κ1) is 16.5. The van der Waals surface area contributed by atoms with Crippen molar-refractivity contribution in [2.45, 2.75) is 39.2 Å². The van der Waals surface area contributed by atoms with Crippen LogP contribution in [0, 0.1) is 0 Å². The Bertz CT molecular complexity index is 420. The third-order valence-corrected chi connectivity index (χ3v) is 3.62. The second-order valence-corrected chi connectivity index (χ2v) is 4.93. The molecule has 0 radical (unpaired) electrons. The molecule has 0 saturated carbocycles. The number of ether oxygens (including phenoxy) is 1. The van der Waals surface area contributed by atoms with E-state index in [4.69, 9.17) is 9.84 Å². The van der Waals surface area contributed by atoms with E-state index < -0.39 is 5.97 Å². The van der Waals surface area contributed by atoms with E-state index in [0.29, 0.717) is 6.04 Å². The van der Waals surface area contributed by atoms with Gasteiger partial charge in [-0.2, -0.15) is 0 Å². The lowest BCUT2D eigenvalue weighted by Crippen LogP contribution is -2.28. The number of carboxylic acid groups (broad SMARTS) is 1. The number of carbonyl (C=O) groups is 1. The van der Waals surface area contributed by atoms with Gasteiger partial charge in [0.2, 0.25) is 0 Å². The van der Waals surface area contributed by atoms with Crippen LogP contribution in [0.4, 0.5) is 0 Å². The van der Waals surface area contributed by atoms with E-state index in [1.165, 1.54) is 5.56 Å². The molecule has 0 bridgehead atoms. The van der Waals surface area contributed by atoms with Crippen LogP contribution in [0.5, 0.6) is 5.75 Å². The molecule has 0 saturated heterocycles. The second kappa shape index (κ2) is 8.59. The van der Waals surface area contributed by atoms with Gasteiger partial charge < -0.3 is 9.84 Å². The lowest BCUT2D eigenvalue weighted by Gasteiger charge is -2.28. The van der Waals surface area contributed by atoms with E-state index >= 15 is 0 Å². The van der Waals surface area contributed by atoms with Crippen LogP contribution in [0.25, 0.3) is 0 Å². The average Bonchev–Trinajstić information content (AvgIpc) is 2.46. The van der Waals surface area contributed by atoms with Crippen molar-refractivity contribution in [3.8, 4) is 5.75 Å². The molecule has 0 fully saturated rings. The molecule has 1 rings (SSSR count). The smallest absolute Gasteiger partial charge is 0.303 e. The summed E-state index contributed by atoms with van der Waals surface area (Å²) in [5.74, 6) is 0.158. The van der Waals surface area contributed by atoms with E-state index in [0.717, 1.165) is 31.7 Å². The predicted molar refractivity (Wildman–Crippen MR) is 80.1 cm³/mol. The zero-order valence-electron chi connectivity index (χ0n) is 12.6. The molecule has 0 spiro atoms. The summed E-state index contributed by atoms with van der Waals surface area (Å²) in [6.07, 6.45) is 1.90. The van der Waals surface area contributed by atoms with Crippen LogP contribution in [0.15, 0.2) is 24.3 Å². The van der Waals surface area contributed by atoms with Crippen molar-refractivity contribution >= 4 is 5.97 Å². The molecule has 1 aromatic carbocycles. The van der Waals surface area contributed by atoms with E-state index in [1.807, 2.05) is 12.1 Å². The molecule has 1 unspecified atom stereocenters. The van der Waals surface area contributed by atoms with Crippen molar-refractivity contribution in [2.24, 2.45) is 0 Å². The van der Waals surface area contributed by atoms with E-state index in [1.54, 1.807) is 7.11 Å². The van der Waals surface area contributed by atoms with Gasteiger partial charge in [-0.3, -0.25) is 9.69 Å². The van der Waals surface area contributed by atoms with Crippen LogP contribution >= 0.6 is 0 Å². The van der Waals surface area contributed by atoms with Crippen molar-refractivity contribution in [1.29, 1.82) is 0 Å². The highest BCUT2D eigenvalue weighted by molar-refractivity contribution is 5.66. The third-order valence-electron chi connectivity index (χ3n) is 3.62. The zero-order valence-corrected chi connectivity index (χ0v) is 12.6. The molecule has 0 aliphatic rings. The summed E-state index contributed by atoms with van der Waals surface area (Å²) in [4.78, 5) is 12.9. The van der Waals surface area contributed by atoms with E-state index in [-0.39, 0.29) is 6.42 Å². The molecule has 0 amide bonds. The number of rotatable bonds is 9. The van der Waals surface area contributed by atoms with E-state index in [2.05, 4.69) is 30.9 Å². The van der Waals surface area contributed by atoms with Crippen LogP contribution in [-0.2, 0) is 4.79 Å². The molecule has 1 N–H and O–H groups in total. The summed E-state index contributed by atoms with van der Waals surface area (Å²) in [6, 6.07) is 8.42. The summed E-state index contributed by atoms with van der Waals surface area (Å²) in [5, 5.41) is 8.65. The van der Waals surface area contributed by atoms with Gasteiger partial charge in [0.05, 0.1) is 7.11 Å². The minimum absolute atomic E-state index is 0.255. The quantitative estimate of drug-likeness (QED) is 0.704. The Labute approximate surface area is 121 Å². The Morgan fingerprint density at radius 3 is 2.75 bits per heavy atom. The number of hydrogen-bond donors (Lipinski definition) is 1. The number of nitrogens with zero attached hydrogens (tertiary/aromatic N) is 1. The minimum atomic E-state index is -0.714. The SMILES string of the molecule is CCN(CCCCC(=O)O)C(C)c1cccc(OC)c1. The number of unbranched alkanes of at least 4 members (excludes halogenated alkanes) is 1. The van der Waals surface area contributed by atoms with Crippen LogP contribution < -0.4 is 4.74 Å². The first-order valence-electron chi connectivity index (χ1n) is 7.18. The maximum absolute atomic E-state index is 10.5. The van der Waals surface area contributed by atoms with Gasteiger partial charge in [-0.15, -0.1) is 0 Å². The molecule has 4 heteroatoms. The fourth-order valence-electron chi connectivity index (χ4n) is 2.33. The monoisotopic (exact) mass is 279 g/mol. The van der Waals surface area contributed by atoms with Gasteiger partial charge in [-0.1, -0.05) is 19.1 Å². The third kappa shape index (κ3) is 5.21. The number of hydrogen-bond acceptors (Lipinski definition) is 3. The van der Waals surface area contributed by atoms with Crippen molar-refractivity contribution < 1.29 is 14.6 Å². The number of methoxy groups -OCH3 is 1. The van der Waals surface area contributed by atoms with Crippen molar-refractivity contribution in [3.63, 3.8) is 0 Å². The minimum Gasteiger partial charge on any atom is -0.497 e. The van der Waals surface area contributed by atoms with Crippen molar-refractivity contribution in [1.82, 2.24) is 4.90 Å². The van der Waals surface area contributed by atoms with Gasteiger partial charge in [0.1, 0.15) is 5.75 Å². The Balaban J connectivity index is 2.56. The molecule has 0 aromatic heterocycles. The second-order valence-electron chi connectivity index (χ2n) is 4.93. The lowest BCUT2D eigenvalue weighted by atomic mass is 10.1. The molecule has 0 heterocycles. The van der Waals surface area contributed by atoms with Crippen molar-refractivity contribution in [3.05, 3.63) is 29.8 Å². The fourth-order valence-corrected chi connectivity index (χ4v) is 2.33. The lowest BCUT2D eigenvalue weighted by molar-refractivity contribution is -0.137. The number of carboxylic acids is 1. The molecule has 0 aliphatic heterocycles. The molecule has 1 atom stereocenters. The predicted octanol–water partition coefficient (Wildman–Crippen LogP) is 3.33. The van der Waals surface area contributed by atoms with Gasteiger partial charge in [-0.05, 0) is 50.6 Å². The van der Waals surface area contributed by atoms with Gasteiger partial charge >= 0.3 is 5.97 Å². The molecular weight excluding hydrogens is 254 g/mol. The largest absolute Gasteiger partial charge is 0.497 e. The van der Waals surface area contributed by atoms with Gasteiger partial charge in [0.15, 0.2) is 0 Å². The standard InChI is InChI=1S/C16H25NO3/c1-4-17(11-6-5-10-16(18)19)13(2)14-8-7-9-15(12-14)20-3/h7-9,12-13H,4-6,10-11H2,1-3H3,(H,18,19). The van der Waals surface area contributed by atoms with Gasteiger partial charge in [0.25, 0.3) is 0 Å². The molecule has 4 nitrogen and oxygen atoms in total. The first-order valence-corrected chi connectivity index (χ1v) is 7.18. The Kier molecular flexibility index (Phi) is 7.09. The molecule has 1 aromatic rings. The van der Waals surface area contributed by atoms with E-state index in [9.17, 15) is 4.79 Å².